The van der Waals surface area contributed by atoms with Crippen LogP contribution in [0.15, 0.2) is 53.2 Å². The second-order valence-corrected chi connectivity index (χ2v) is 5.28. The number of non-ortho nitro benzene ring substituents is 1. The summed E-state index contributed by atoms with van der Waals surface area (Å²) < 4.78 is 15.1. The summed E-state index contributed by atoms with van der Waals surface area (Å²) in [5.74, 6) is 0.665. The van der Waals surface area contributed by atoms with Gasteiger partial charge in [0.25, 0.3) is 11.6 Å². The van der Waals surface area contributed by atoms with Crippen LogP contribution < -0.4 is 14.8 Å². The van der Waals surface area contributed by atoms with E-state index in [0.29, 0.717) is 22.8 Å². The average Bonchev–Trinajstić information content (AvgIpc) is 3.14. The summed E-state index contributed by atoms with van der Waals surface area (Å²) in [6.07, 6.45) is 0. The Morgan fingerprint density at radius 3 is 2.41 bits per heavy atom. The van der Waals surface area contributed by atoms with E-state index in [1.807, 2.05) is 0 Å². The van der Waals surface area contributed by atoms with E-state index in [0.717, 1.165) is 0 Å². The second kappa shape index (κ2) is 7.95. The van der Waals surface area contributed by atoms with Gasteiger partial charge in [0, 0.05) is 17.7 Å². The molecule has 0 spiro atoms. The Morgan fingerprint density at radius 1 is 1.11 bits per heavy atom. The van der Waals surface area contributed by atoms with E-state index in [9.17, 15) is 14.9 Å². The highest BCUT2D eigenvalue weighted by molar-refractivity contribution is 5.94. The van der Waals surface area contributed by atoms with Crippen LogP contribution in [0.25, 0.3) is 11.3 Å². The quantitative estimate of drug-likeness (QED) is 0.496. The summed E-state index contributed by atoms with van der Waals surface area (Å²) in [5, 5.41) is 20.6. The molecule has 0 aliphatic heterocycles. The number of nitro groups is 1. The van der Waals surface area contributed by atoms with Crippen LogP contribution in [0.5, 0.6) is 11.5 Å². The van der Waals surface area contributed by atoms with E-state index >= 15 is 0 Å². The van der Waals surface area contributed by atoms with E-state index in [1.165, 1.54) is 24.3 Å². The van der Waals surface area contributed by atoms with Gasteiger partial charge < -0.3 is 14.8 Å². The van der Waals surface area contributed by atoms with E-state index < -0.39 is 10.8 Å². The number of nitrogens with zero attached hydrogens (tertiary/aromatic N) is 3. The lowest BCUT2D eigenvalue weighted by molar-refractivity contribution is -0.384. The first-order chi connectivity index (χ1) is 13.1. The zero-order valence-electron chi connectivity index (χ0n) is 14.1. The minimum atomic E-state index is -0.519. The number of amides is 1. The molecule has 0 aliphatic rings. The molecular formula is C17H14N4O6. The number of nitro benzene ring substituents is 1. The molecule has 0 saturated heterocycles. The highest BCUT2D eigenvalue weighted by atomic mass is 16.6. The molecule has 0 fully saturated rings. The minimum Gasteiger partial charge on any atom is -0.497 e. The van der Waals surface area contributed by atoms with E-state index in [2.05, 4.69) is 15.6 Å². The van der Waals surface area contributed by atoms with Gasteiger partial charge in [-0.05, 0) is 46.7 Å². The third-order valence-corrected chi connectivity index (χ3v) is 3.53. The molecule has 0 aliphatic carbocycles. The first-order valence-electron chi connectivity index (χ1n) is 7.71. The summed E-state index contributed by atoms with van der Waals surface area (Å²) in [5.41, 5.74) is 0.981. The van der Waals surface area contributed by atoms with Gasteiger partial charge in [-0.15, -0.1) is 0 Å². The number of anilines is 1. The number of hydrogen-bond donors (Lipinski definition) is 1. The van der Waals surface area contributed by atoms with Gasteiger partial charge in [-0.25, -0.2) is 4.63 Å². The molecule has 0 saturated carbocycles. The zero-order valence-corrected chi connectivity index (χ0v) is 14.1. The molecule has 1 aromatic heterocycles. The van der Waals surface area contributed by atoms with Crippen molar-refractivity contribution in [3.05, 3.63) is 58.6 Å². The Morgan fingerprint density at radius 2 is 1.78 bits per heavy atom. The van der Waals surface area contributed by atoms with Crippen molar-refractivity contribution in [2.45, 2.75) is 0 Å². The third-order valence-electron chi connectivity index (χ3n) is 3.53. The normalized spacial score (nSPS) is 10.3. The molecule has 1 N–H and O–H groups in total. The second-order valence-electron chi connectivity index (χ2n) is 5.28. The van der Waals surface area contributed by atoms with Gasteiger partial charge in [0.1, 0.15) is 11.5 Å². The van der Waals surface area contributed by atoms with Gasteiger partial charge in [0.2, 0.25) is 5.82 Å². The van der Waals surface area contributed by atoms with E-state index in [4.69, 9.17) is 14.1 Å². The molecule has 0 bridgehead atoms. The van der Waals surface area contributed by atoms with Crippen molar-refractivity contribution >= 4 is 17.4 Å². The summed E-state index contributed by atoms with van der Waals surface area (Å²) in [6, 6.07) is 12.4. The maximum absolute atomic E-state index is 12.1. The van der Waals surface area contributed by atoms with E-state index in [1.54, 1.807) is 31.4 Å². The molecule has 0 atom stereocenters. The summed E-state index contributed by atoms with van der Waals surface area (Å²) in [4.78, 5) is 22.2. The number of carbonyl (C=O) groups excluding carboxylic acids is 1. The maximum atomic E-state index is 12.1. The predicted molar refractivity (Wildman–Crippen MR) is 93.5 cm³/mol. The smallest absolute Gasteiger partial charge is 0.269 e. The molecule has 2 aromatic carbocycles. The maximum Gasteiger partial charge on any atom is 0.269 e. The molecule has 0 unspecified atom stereocenters. The van der Waals surface area contributed by atoms with Crippen LogP contribution in [-0.4, -0.2) is 34.9 Å². The third kappa shape index (κ3) is 4.37. The number of carbonyl (C=O) groups is 1. The molecule has 1 heterocycles. The fourth-order valence-electron chi connectivity index (χ4n) is 2.19. The Kier molecular flexibility index (Phi) is 5.26. The highest BCUT2D eigenvalue weighted by Gasteiger charge is 2.16. The molecule has 10 heteroatoms. The monoisotopic (exact) mass is 370 g/mol. The van der Waals surface area contributed by atoms with Crippen molar-refractivity contribution in [3.8, 4) is 22.8 Å². The van der Waals surface area contributed by atoms with Crippen LogP contribution in [-0.2, 0) is 4.79 Å². The molecule has 10 nitrogen and oxygen atoms in total. The van der Waals surface area contributed by atoms with Gasteiger partial charge in [0.15, 0.2) is 12.3 Å². The molecule has 0 radical (unpaired) electrons. The van der Waals surface area contributed by atoms with Crippen LogP contribution in [0.2, 0.25) is 0 Å². The van der Waals surface area contributed by atoms with Crippen LogP contribution in [0.3, 0.4) is 0 Å². The number of rotatable bonds is 7. The molecule has 138 valence electrons. The first kappa shape index (κ1) is 17.9. The lowest BCUT2D eigenvalue weighted by Crippen LogP contribution is -2.20. The lowest BCUT2D eigenvalue weighted by atomic mass is 10.1. The summed E-state index contributed by atoms with van der Waals surface area (Å²) >= 11 is 0. The summed E-state index contributed by atoms with van der Waals surface area (Å²) in [6.45, 7) is -0.313. The average molecular weight is 370 g/mol. The molecule has 3 aromatic rings. The fraction of sp³-hybridized carbons (Fsp3) is 0.118. The van der Waals surface area contributed by atoms with Crippen molar-refractivity contribution in [2.75, 3.05) is 19.0 Å². The molecular weight excluding hydrogens is 356 g/mol. The van der Waals surface area contributed by atoms with E-state index in [-0.39, 0.29) is 18.1 Å². The van der Waals surface area contributed by atoms with Gasteiger partial charge in [0.05, 0.1) is 12.0 Å². The molecule has 27 heavy (non-hydrogen) atoms. The highest BCUT2D eigenvalue weighted by Crippen LogP contribution is 2.26. The van der Waals surface area contributed by atoms with Crippen LogP contribution in [0.4, 0.5) is 11.5 Å². The number of methoxy groups -OCH3 is 1. The van der Waals surface area contributed by atoms with Gasteiger partial charge >= 0.3 is 0 Å². The topological polar surface area (TPSA) is 130 Å². The van der Waals surface area contributed by atoms with Gasteiger partial charge in [-0.2, -0.15) is 0 Å². The Hall–Kier alpha value is -3.95. The van der Waals surface area contributed by atoms with Gasteiger partial charge in [-0.1, -0.05) is 0 Å². The number of ether oxygens (including phenoxy) is 2. The number of benzene rings is 2. The Bertz CT molecular complexity index is 937. The molecule has 3 rings (SSSR count). The minimum absolute atomic E-state index is 0.0652. The van der Waals surface area contributed by atoms with Crippen molar-refractivity contribution in [1.82, 2.24) is 10.3 Å². The van der Waals surface area contributed by atoms with Crippen molar-refractivity contribution in [1.29, 1.82) is 0 Å². The van der Waals surface area contributed by atoms with Crippen molar-refractivity contribution in [3.63, 3.8) is 0 Å². The zero-order chi connectivity index (χ0) is 19.2. The van der Waals surface area contributed by atoms with Crippen LogP contribution in [0, 0.1) is 10.1 Å². The number of aromatic nitrogens is 2. The van der Waals surface area contributed by atoms with Crippen molar-refractivity contribution in [2.24, 2.45) is 0 Å². The largest absolute Gasteiger partial charge is 0.497 e. The van der Waals surface area contributed by atoms with Crippen LogP contribution >= 0.6 is 0 Å². The van der Waals surface area contributed by atoms with Crippen molar-refractivity contribution < 1.29 is 23.8 Å². The summed E-state index contributed by atoms with van der Waals surface area (Å²) in [7, 11) is 1.56. The van der Waals surface area contributed by atoms with Crippen LogP contribution in [0.1, 0.15) is 0 Å². The fourth-order valence-corrected chi connectivity index (χ4v) is 2.19. The van der Waals surface area contributed by atoms with Gasteiger partial charge in [-0.3, -0.25) is 14.9 Å². The molecule has 1 amide bonds. The lowest BCUT2D eigenvalue weighted by Gasteiger charge is -2.06. The predicted octanol–water partition coefficient (Wildman–Crippen LogP) is 2.67. The number of nitrogens with one attached hydrogen (secondary N) is 1. The standard InChI is InChI=1S/C17H14N4O6/c1-25-13-6-2-11(3-7-13)16-17(20-27-19-16)18-15(22)10-26-14-8-4-12(5-9-14)21(23)24/h2-9H,10H2,1H3,(H,18,20,22). The number of hydrogen-bond acceptors (Lipinski definition) is 8. The Balaban J connectivity index is 1.61. The SMILES string of the molecule is COc1ccc(-c2nonc2NC(=O)COc2ccc([N+](=O)[O-])cc2)cc1. The Labute approximate surface area is 152 Å². The first-order valence-corrected chi connectivity index (χ1v) is 7.71.